The number of aryl methyl sites for hydroxylation is 1. The van der Waals surface area contributed by atoms with Crippen molar-refractivity contribution < 1.29 is 9.18 Å². The van der Waals surface area contributed by atoms with E-state index in [0.717, 1.165) is 16.9 Å². The molecule has 108 valence electrons. The maximum Gasteiger partial charge on any atom is 0.248 e. The maximum atomic E-state index is 13.8. The molecule has 2 aromatic carbocycles. The summed E-state index contributed by atoms with van der Waals surface area (Å²) in [6.45, 7) is 2.26. The van der Waals surface area contributed by atoms with E-state index < -0.39 is 11.9 Å². The summed E-state index contributed by atoms with van der Waals surface area (Å²) in [5.74, 6) is -0.688. The molecule has 2 aromatic rings. The van der Waals surface area contributed by atoms with Gasteiger partial charge in [-0.05, 0) is 36.8 Å². The van der Waals surface area contributed by atoms with Gasteiger partial charge in [-0.15, -0.1) is 0 Å². The smallest absolute Gasteiger partial charge is 0.248 e. The standard InChI is InChI=1S/C16H16FN3O/c1-10-6-7-12(11(17)8-10)20-16(21)15-9-18-13-4-2-3-5-14(13)19-15/h2-8,15,18-19H,9H2,1H3,(H,20,21). The molecule has 3 rings (SSSR count). The molecule has 4 nitrogen and oxygen atoms in total. The van der Waals surface area contributed by atoms with Crippen molar-refractivity contribution in [1.29, 1.82) is 0 Å². The van der Waals surface area contributed by atoms with Crippen LogP contribution >= 0.6 is 0 Å². The second-order valence-corrected chi connectivity index (χ2v) is 5.10. The molecule has 1 atom stereocenters. The van der Waals surface area contributed by atoms with Crippen molar-refractivity contribution in [2.75, 3.05) is 22.5 Å². The van der Waals surface area contributed by atoms with Crippen LogP contribution in [0.4, 0.5) is 21.5 Å². The lowest BCUT2D eigenvalue weighted by atomic mass is 10.1. The van der Waals surface area contributed by atoms with Gasteiger partial charge in [0, 0.05) is 6.54 Å². The maximum absolute atomic E-state index is 13.8. The summed E-state index contributed by atoms with van der Waals surface area (Å²) in [7, 11) is 0. The van der Waals surface area contributed by atoms with E-state index >= 15 is 0 Å². The Morgan fingerprint density at radius 1 is 1.24 bits per heavy atom. The monoisotopic (exact) mass is 285 g/mol. The fraction of sp³-hybridized carbons (Fsp3) is 0.188. The van der Waals surface area contributed by atoms with Crippen LogP contribution in [0.5, 0.6) is 0 Å². The predicted molar refractivity (Wildman–Crippen MR) is 82.1 cm³/mol. The molecular weight excluding hydrogens is 269 g/mol. The number of rotatable bonds is 2. The lowest BCUT2D eigenvalue weighted by molar-refractivity contribution is -0.116. The van der Waals surface area contributed by atoms with Crippen molar-refractivity contribution in [3.05, 3.63) is 53.8 Å². The van der Waals surface area contributed by atoms with Crippen LogP contribution in [0.3, 0.4) is 0 Å². The summed E-state index contributed by atoms with van der Waals surface area (Å²) in [5, 5.41) is 8.96. The highest BCUT2D eigenvalue weighted by Crippen LogP contribution is 2.25. The van der Waals surface area contributed by atoms with Crippen LogP contribution in [0.15, 0.2) is 42.5 Å². The number of nitrogens with one attached hydrogen (secondary N) is 3. The minimum absolute atomic E-state index is 0.200. The number of para-hydroxylation sites is 2. The number of anilines is 3. The van der Waals surface area contributed by atoms with E-state index in [1.54, 1.807) is 19.1 Å². The normalized spacial score (nSPS) is 16.4. The highest BCUT2D eigenvalue weighted by atomic mass is 19.1. The number of carbonyl (C=O) groups is 1. The van der Waals surface area contributed by atoms with E-state index in [1.807, 2.05) is 24.3 Å². The van der Waals surface area contributed by atoms with Crippen LogP contribution in [0.1, 0.15) is 5.56 Å². The first-order valence-electron chi connectivity index (χ1n) is 6.80. The summed E-state index contributed by atoms with van der Waals surface area (Å²) < 4.78 is 13.8. The van der Waals surface area contributed by atoms with E-state index in [1.165, 1.54) is 6.07 Å². The second kappa shape index (κ2) is 5.44. The number of halogens is 1. The first kappa shape index (κ1) is 13.4. The van der Waals surface area contributed by atoms with Crippen LogP contribution in [0.2, 0.25) is 0 Å². The molecule has 0 saturated carbocycles. The van der Waals surface area contributed by atoms with Gasteiger partial charge in [0.2, 0.25) is 5.91 Å². The molecule has 21 heavy (non-hydrogen) atoms. The van der Waals surface area contributed by atoms with Crippen molar-refractivity contribution >= 4 is 23.0 Å². The zero-order valence-electron chi connectivity index (χ0n) is 11.6. The van der Waals surface area contributed by atoms with Gasteiger partial charge in [-0.1, -0.05) is 18.2 Å². The van der Waals surface area contributed by atoms with E-state index in [2.05, 4.69) is 16.0 Å². The van der Waals surface area contributed by atoms with E-state index in [0.29, 0.717) is 6.54 Å². The fourth-order valence-corrected chi connectivity index (χ4v) is 2.31. The van der Waals surface area contributed by atoms with E-state index in [-0.39, 0.29) is 11.6 Å². The van der Waals surface area contributed by atoms with Crippen molar-refractivity contribution in [3.8, 4) is 0 Å². The first-order valence-corrected chi connectivity index (χ1v) is 6.80. The molecular formula is C16H16FN3O. The molecule has 0 aromatic heterocycles. The number of hydrogen-bond donors (Lipinski definition) is 3. The Labute approximate surface area is 122 Å². The van der Waals surface area contributed by atoms with Gasteiger partial charge in [0.05, 0.1) is 17.1 Å². The second-order valence-electron chi connectivity index (χ2n) is 5.10. The Balaban J connectivity index is 1.72. The molecule has 0 aliphatic carbocycles. The number of carbonyl (C=O) groups excluding carboxylic acids is 1. The van der Waals surface area contributed by atoms with Crippen LogP contribution in [-0.2, 0) is 4.79 Å². The molecule has 0 fully saturated rings. The lowest BCUT2D eigenvalue weighted by Gasteiger charge is -2.27. The first-order chi connectivity index (χ1) is 10.1. The summed E-state index contributed by atoms with van der Waals surface area (Å²) in [4.78, 5) is 12.2. The van der Waals surface area contributed by atoms with Gasteiger partial charge < -0.3 is 16.0 Å². The van der Waals surface area contributed by atoms with Gasteiger partial charge in [0.25, 0.3) is 0 Å². The van der Waals surface area contributed by atoms with Gasteiger partial charge in [0.1, 0.15) is 11.9 Å². The van der Waals surface area contributed by atoms with Crippen molar-refractivity contribution in [1.82, 2.24) is 0 Å². The molecule has 1 amide bonds. The highest BCUT2D eigenvalue weighted by Gasteiger charge is 2.23. The van der Waals surface area contributed by atoms with Crippen LogP contribution in [0, 0.1) is 12.7 Å². The molecule has 1 unspecified atom stereocenters. The molecule has 0 spiro atoms. The number of amides is 1. The summed E-state index contributed by atoms with van der Waals surface area (Å²) in [6.07, 6.45) is 0. The van der Waals surface area contributed by atoms with Crippen LogP contribution in [-0.4, -0.2) is 18.5 Å². The fourth-order valence-electron chi connectivity index (χ4n) is 2.31. The average molecular weight is 285 g/mol. The van der Waals surface area contributed by atoms with Crippen molar-refractivity contribution in [2.24, 2.45) is 0 Å². The number of benzene rings is 2. The molecule has 1 aliphatic rings. The molecule has 1 heterocycles. The van der Waals surface area contributed by atoms with Gasteiger partial charge >= 0.3 is 0 Å². The molecule has 3 N–H and O–H groups in total. The van der Waals surface area contributed by atoms with E-state index in [4.69, 9.17) is 0 Å². The van der Waals surface area contributed by atoms with Crippen LogP contribution < -0.4 is 16.0 Å². The Morgan fingerprint density at radius 3 is 2.76 bits per heavy atom. The highest BCUT2D eigenvalue weighted by molar-refractivity contribution is 5.98. The largest absolute Gasteiger partial charge is 0.381 e. The summed E-state index contributed by atoms with van der Waals surface area (Å²) in [6, 6.07) is 12.0. The molecule has 0 bridgehead atoms. The van der Waals surface area contributed by atoms with E-state index in [9.17, 15) is 9.18 Å². The van der Waals surface area contributed by atoms with Crippen molar-refractivity contribution in [3.63, 3.8) is 0 Å². The molecule has 1 aliphatic heterocycles. The SMILES string of the molecule is Cc1ccc(NC(=O)C2CNc3ccccc3N2)c(F)c1. The summed E-state index contributed by atoms with van der Waals surface area (Å²) >= 11 is 0. The quantitative estimate of drug-likeness (QED) is 0.795. The third-order valence-corrected chi connectivity index (χ3v) is 3.45. The molecule has 0 radical (unpaired) electrons. The third-order valence-electron chi connectivity index (χ3n) is 3.45. The lowest BCUT2D eigenvalue weighted by Crippen LogP contribution is -2.43. The minimum Gasteiger partial charge on any atom is -0.381 e. The zero-order valence-corrected chi connectivity index (χ0v) is 11.6. The van der Waals surface area contributed by atoms with Gasteiger partial charge in [0.15, 0.2) is 0 Å². The average Bonchev–Trinajstić information content (AvgIpc) is 2.49. The number of fused-ring (bicyclic) bond motifs is 1. The van der Waals surface area contributed by atoms with Gasteiger partial charge in [-0.2, -0.15) is 0 Å². The topological polar surface area (TPSA) is 53.2 Å². The summed E-state index contributed by atoms with van der Waals surface area (Å²) in [5.41, 5.74) is 2.85. The Kier molecular flexibility index (Phi) is 3.48. The van der Waals surface area contributed by atoms with Gasteiger partial charge in [-0.3, -0.25) is 4.79 Å². The van der Waals surface area contributed by atoms with Crippen LogP contribution in [0.25, 0.3) is 0 Å². The molecule has 0 saturated heterocycles. The predicted octanol–water partition coefficient (Wildman–Crippen LogP) is 2.98. The Morgan fingerprint density at radius 2 is 2.00 bits per heavy atom. The van der Waals surface area contributed by atoms with Gasteiger partial charge in [-0.25, -0.2) is 4.39 Å². The molecule has 5 heteroatoms. The Hall–Kier alpha value is -2.56. The Bertz CT molecular complexity index is 687. The third kappa shape index (κ3) is 2.81. The minimum atomic E-state index is -0.444. The number of hydrogen-bond acceptors (Lipinski definition) is 3. The van der Waals surface area contributed by atoms with Crippen molar-refractivity contribution in [2.45, 2.75) is 13.0 Å². The zero-order chi connectivity index (χ0) is 14.8.